The lowest BCUT2D eigenvalue weighted by Gasteiger charge is -2.10. The van der Waals surface area contributed by atoms with Gasteiger partial charge in [0.05, 0.1) is 16.1 Å². The van der Waals surface area contributed by atoms with E-state index in [-0.39, 0.29) is 10.0 Å². The molecule has 0 amide bonds. The van der Waals surface area contributed by atoms with Crippen LogP contribution in [0.3, 0.4) is 0 Å². The first-order valence-electron chi connectivity index (χ1n) is 3.38. The fraction of sp³-hybridized carbons (Fsp3) is 0.125. The maximum atomic E-state index is 11.8. The maximum Gasteiger partial charge on any atom is 0.573 e. The van der Waals surface area contributed by atoms with Gasteiger partial charge in [-0.2, -0.15) is 5.26 Å². The van der Waals surface area contributed by atoms with Crippen molar-refractivity contribution in [2.24, 2.45) is 0 Å². The van der Waals surface area contributed by atoms with Crippen LogP contribution < -0.4 is 4.74 Å². The first-order chi connectivity index (χ1) is 6.42. The van der Waals surface area contributed by atoms with Gasteiger partial charge in [-0.1, -0.05) is 0 Å². The summed E-state index contributed by atoms with van der Waals surface area (Å²) in [7, 11) is 0. The van der Waals surface area contributed by atoms with Crippen LogP contribution in [0.25, 0.3) is 0 Å². The van der Waals surface area contributed by atoms with Gasteiger partial charge < -0.3 is 4.74 Å². The highest BCUT2D eigenvalue weighted by atomic mass is 79.9. The van der Waals surface area contributed by atoms with Gasteiger partial charge in [-0.05, 0) is 34.1 Å². The molecule has 6 heteroatoms. The van der Waals surface area contributed by atoms with Crippen molar-refractivity contribution in [1.82, 2.24) is 0 Å². The minimum atomic E-state index is -4.75. The van der Waals surface area contributed by atoms with E-state index < -0.39 is 12.1 Å². The molecule has 0 aromatic heterocycles. The molecule has 0 bridgehead atoms. The molecular formula is C8H3BrF3NO. The molecule has 0 radical (unpaired) electrons. The largest absolute Gasteiger partial charge is 0.573 e. The second-order valence-corrected chi connectivity index (χ2v) is 3.16. The maximum absolute atomic E-state index is 11.8. The van der Waals surface area contributed by atoms with E-state index in [0.717, 1.165) is 6.07 Å². The van der Waals surface area contributed by atoms with E-state index in [9.17, 15) is 13.2 Å². The Labute approximate surface area is 86.0 Å². The smallest absolute Gasteiger partial charge is 0.405 e. The Hall–Kier alpha value is -1.22. The summed E-state index contributed by atoms with van der Waals surface area (Å²) in [5.74, 6) is -0.420. The Morgan fingerprint density at radius 3 is 2.50 bits per heavy atom. The van der Waals surface area contributed by atoms with Gasteiger partial charge >= 0.3 is 6.36 Å². The summed E-state index contributed by atoms with van der Waals surface area (Å²) in [6.07, 6.45) is -4.75. The Morgan fingerprint density at radius 2 is 2.00 bits per heavy atom. The number of alkyl halides is 3. The molecule has 0 fully saturated rings. The topological polar surface area (TPSA) is 33.0 Å². The first-order valence-corrected chi connectivity index (χ1v) is 4.17. The van der Waals surface area contributed by atoms with Crippen molar-refractivity contribution in [2.45, 2.75) is 6.36 Å². The first kappa shape index (κ1) is 10.9. The zero-order chi connectivity index (χ0) is 10.8. The molecule has 0 aliphatic heterocycles. The van der Waals surface area contributed by atoms with Gasteiger partial charge in [-0.15, -0.1) is 13.2 Å². The summed E-state index contributed by atoms with van der Waals surface area (Å²) in [6, 6.07) is 5.42. The van der Waals surface area contributed by atoms with E-state index in [2.05, 4.69) is 20.7 Å². The minimum absolute atomic E-state index is 0.104. The molecule has 74 valence electrons. The highest BCUT2D eigenvalue weighted by Gasteiger charge is 2.32. The molecule has 0 aliphatic rings. The molecular weight excluding hydrogens is 263 g/mol. The van der Waals surface area contributed by atoms with Crippen molar-refractivity contribution in [2.75, 3.05) is 0 Å². The number of benzene rings is 1. The number of rotatable bonds is 1. The third-order valence-electron chi connectivity index (χ3n) is 1.29. The molecule has 0 aliphatic carbocycles. The minimum Gasteiger partial charge on any atom is -0.405 e. The van der Waals surface area contributed by atoms with Crippen LogP contribution in [0.1, 0.15) is 5.56 Å². The summed E-state index contributed by atoms with van der Waals surface area (Å²) < 4.78 is 39.3. The number of hydrogen-bond acceptors (Lipinski definition) is 2. The fourth-order valence-electron chi connectivity index (χ4n) is 0.776. The van der Waals surface area contributed by atoms with Gasteiger partial charge in [0.2, 0.25) is 0 Å². The van der Waals surface area contributed by atoms with Gasteiger partial charge in [0.1, 0.15) is 5.75 Å². The van der Waals surface area contributed by atoms with Crippen LogP contribution in [-0.4, -0.2) is 6.36 Å². The van der Waals surface area contributed by atoms with E-state index in [1.54, 1.807) is 6.07 Å². The monoisotopic (exact) mass is 265 g/mol. The summed E-state index contributed by atoms with van der Waals surface area (Å²) >= 11 is 2.88. The van der Waals surface area contributed by atoms with Crippen molar-refractivity contribution in [3.63, 3.8) is 0 Å². The van der Waals surface area contributed by atoms with E-state index in [4.69, 9.17) is 5.26 Å². The third-order valence-corrected chi connectivity index (χ3v) is 1.94. The quantitative estimate of drug-likeness (QED) is 0.781. The summed E-state index contributed by atoms with van der Waals surface area (Å²) in [6.45, 7) is 0. The molecule has 14 heavy (non-hydrogen) atoms. The third kappa shape index (κ3) is 2.92. The lowest BCUT2D eigenvalue weighted by atomic mass is 10.2. The molecule has 2 nitrogen and oxygen atoms in total. The van der Waals surface area contributed by atoms with Crippen LogP contribution in [0, 0.1) is 11.3 Å². The number of ether oxygens (including phenoxy) is 1. The Bertz CT molecular complexity index is 383. The van der Waals surface area contributed by atoms with Gasteiger partial charge in [0.25, 0.3) is 0 Å². The summed E-state index contributed by atoms with van der Waals surface area (Å²) in [4.78, 5) is 0. The number of nitriles is 1. The zero-order valence-electron chi connectivity index (χ0n) is 6.60. The molecule has 1 aromatic rings. The van der Waals surface area contributed by atoms with E-state index >= 15 is 0 Å². The predicted octanol–water partition coefficient (Wildman–Crippen LogP) is 3.22. The van der Waals surface area contributed by atoms with Gasteiger partial charge in [0, 0.05) is 0 Å². The van der Waals surface area contributed by atoms with E-state index in [0.29, 0.717) is 0 Å². The molecule has 0 saturated heterocycles. The SMILES string of the molecule is N#Cc1ccc(Br)c(OC(F)(F)F)c1. The number of hydrogen-bond donors (Lipinski definition) is 0. The zero-order valence-corrected chi connectivity index (χ0v) is 8.19. The second kappa shape index (κ2) is 3.88. The summed E-state index contributed by atoms with van der Waals surface area (Å²) in [5, 5.41) is 8.45. The lowest BCUT2D eigenvalue weighted by Crippen LogP contribution is -2.17. The average Bonchev–Trinajstić information content (AvgIpc) is 2.06. The number of nitrogens with zero attached hydrogens (tertiary/aromatic N) is 1. The van der Waals surface area contributed by atoms with Crippen LogP contribution in [0.4, 0.5) is 13.2 Å². The van der Waals surface area contributed by atoms with E-state index in [1.807, 2.05) is 0 Å². The fourth-order valence-corrected chi connectivity index (χ4v) is 1.10. The second-order valence-electron chi connectivity index (χ2n) is 2.30. The molecule has 0 N–H and O–H groups in total. The van der Waals surface area contributed by atoms with Crippen LogP contribution >= 0.6 is 15.9 Å². The Kier molecular flexibility index (Phi) is 3.01. The van der Waals surface area contributed by atoms with Gasteiger partial charge in [-0.25, -0.2) is 0 Å². The van der Waals surface area contributed by atoms with Crippen LogP contribution in [0.2, 0.25) is 0 Å². The average molecular weight is 266 g/mol. The predicted molar refractivity (Wildman–Crippen MR) is 45.5 cm³/mol. The molecule has 0 unspecified atom stereocenters. The van der Waals surface area contributed by atoms with Crippen molar-refractivity contribution < 1.29 is 17.9 Å². The Morgan fingerprint density at radius 1 is 1.36 bits per heavy atom. The molecule has 1 rings (SSSR count). The van der Waals surface area contributed by atoms with Crippen LogP contribution in [0.5, 0.6) is 5.75 Å². The molecule has 0 atom stereocenters. The molecule has 1 aromatic carbocycles. The van der Waals surface area contributed by atoms with E-state index in [1.165, 1.54) is 12.1 Å². The van der Waals surface area contributed by atoms with Crippen LogP contribution in [-0.2, 0) is 0 Å². The summed E-state index contributed by atoms with van der Waals surface area (Å²) in [5.41, 5.74) is 0.104. The normalized spacial score (nSPS) is 10.8. The number of halogens is 4. The van der Waals surface area contributed by atoms with Gasteiger partial charge in [-0.3, -0.25) is 0 Å². The van der Waals surface area contributed by atoms with Crippen molar-refractivity contribution >= 4 is 15.9 Å². The van der Waals surface area contributed by atoms with Crippen molar-refractivity contribution in [3.8, 4) is 11.8 Å². The van der Waals surface area contributed by atoms with Crippen LogP contribution in [0.15, 0.2) is 22.7 Å². The standard InChI is InChI=1S/C8H3BrF3NO/c9-6-2-1-5(4-13)3-7(6)14-8(10,11)12/h1-3H. The highest BCUT2D eigenvalue weighted by Crippen LogP contribution is 2.30. The molecule has 0 spiro atoms. The van der Waals surface area contributed by atoms with Crippen molar-refractivity contribution in [3.05, 3.63) is 28.2 Å². The lowest BCUT2D eigenvalue weighted by molar-refractivity contribution is -0.274. The van der Waals surface area contributed by atoms with Crippen molar-refractivity contribution in [1.29, 1.82) is 5.26 Å². The highest BCUT2D eigenvalue weighted by molar-refractivity contribution is 9.10. The van der Waals surface area contributed by atoms with Gasteiger partial charge in [0.15, 0.2) is 0 Å². The Balaban J connectivity index is 3.03. The molecule has 0 heterocycles. The molecule has 0 saturated carbocycles.